The Morgan fingerprint density at radius 3 is 2.73 bits per heavy atom. The summed E-state index contributed by atoms with van der Waals surface area (Å²) in [7, 11) is 2.17. The van der Waals surface area contributed by atoms with Gasteiger partial charge in [0.1, 0.15) is 0 Å². The molecule has 0 aromatic carbocycles. The summed E-state index contributed by atoms with van der Waals surface area (Å²) >= 11 is 1.71. The van der Waals surface area contributed by atoms with Crippen molar-refractivity contribution in [1.29, 1.82) is 0 Å². The van der Waals surface area contributed by atoms with E-state index in [0.717, 1.165) is 26.2 Å². The first-order chi connectivity index (χ1) is 10.6. The van der Waals surface area contributed by atoms with Gasteiger partial charge in [0.15, 0.2) is 0 Å². The Bertz CT molecular complexity index is 510. The van der Waals surface area contributed by atoms with Crippen LogP contribution in [0.25, 0.3) is 0 Å². The first kappa shape index (κ1) is 16.0. The second kappa shape index (κ2) is 7.11. The van der Waals surface area contributed by atoms with Crippen LogP contribution < -0.4 is 0 Å². The monoisotopic (exact) mass is 321 g/mol. The van der Waals surface area contributed by atoms with Gasteiger partial charge in [0.05, 0.1) is 12.5 Å². The van der Waals surface area contributed by atoms with Crippen LogP contribution in [0, 0.1) is 6.92 Å². The van der Waals surface area contributed by atoms with Crippen molar-refractivity contribution in [3.05, 3.63) is 21.9 Å². The summed E-state index contributed by atoms with van der Waals surface area (Å²) in [6.07, 6.45) is 3.19. The molecule has 0 aliphatic carbocycles. The largest absolute Gasteiger partial charge is 0.336 e. The van der Waals surface area contributed by atoms with E-state index in [9.17, 15) is 4.79 Å². The Balaban J connectivity index is 1.63. The fourth-order valence-electron chi connectivity index (χ4n) is 3.59. The molecule has 0 N–H and O–H groups in total. The average Bonchev–Trinajstić information content (AvgIpc) is 3.11. The number of hydrogen-bond donors (Lipinski definition) is 0. The highest BCUT2D eigenvalue weighted by molar-refractivity contribution is 7.10. The van der Waals surface area contributed by atoms with Gasteiger partial charge in [0.25, 0.3) is 0 Å². The molecule has 2 aliphatic rings. The van der Waals surface area contributed by atoms with E-state index in [1.54, 1.807) is 11.3 Å². The number of carbonyl (C=O) groups excluding carboxylic acids is 1. The minimum atomic E-state index is 0.305. The summed E-state index contributed by atoms with van der Waals surface area (Å²) in [6, 6.07) is 2.50. The highest BCUT2D eigenvalue weighted by Gasteiger charge is 2.31. The topological polar surface area (TPSA) is 26.8 Å². The first-order valence-corrected chi connectivity index (χ1v) is 9.24. The van der Waals surface area contributed by atoms with Crippen LogP contribution in [0.3, 0.4) is 0 Å². The van der Waals surface area contributed by atoms with Crippen molar-refractivity contribution in [2.24, 2.45) is 0 Å². The quantitative estimate of drug-likeness (QED) is 0.847. The third-order valence-electron chi connectivity index (χ3n) is 4.78. The van der Waals surface area contributed by atoms with Gasteiger partial charge >= 0.3 is 0 Å². The molecular weight excluding hydrogens is 294 g/mol. The fourth-order valence-corrected chi connectivity index (χ4v) is 4.46. The van der Waals surface area contributed by atoms with Crippen LogP contribution in [0.4, 0.5) is 0 Å². The Morgan fingerprint density at radius 2 is 2.05 bits per heavy atom. The number of hydrogen-bond acceptors (Lipinski definition) is 4. The van der Waals surface area contributed by atoms with E-state index in [4.69, 9.17) is 0 Å². The van der Waals surface area contributed by atoms with Gasteiger partial charge in [-0.3, -0.25) is 4.79 Å². The maximum Gasteiger partial charge on any atom is 0.228 e. The van der Waals surface area contributed by atoms with Crippen LogP contribution in [0.1, 0.15) is 23.3 Å². The number of nitrogens with zero attached hydrogens (tertiary/aromatic N) is 3. The minimum absolute atomic E-state index is 0.305. The van der Waals surface area contributed by atoms with E-state index in [1.165, 1.54) is 36.4 Å². The summed E-state index contributed by atoms with van der Waals surface area (Å²) in [6.45, 7) is 8.41. The van der Waals surface area contributed by atoms with Crippen LogP contribution in [0.2, 0.25) is 0 Å². The van der Waals surface area contributed by atoms with E-state index in [2.05, 4.69) is 40.1 Å². The van der Waals surface area contributed by atoms with Crippen LogP contribution in [0.15, 0.2) is 11.4 Å². The summed E-state index contributed by atoms with van der Waals surface area (Å²) in [5.74, 6) is 0.305. The zero-order valence-electron chi connectivity index (χ0n) is 13.8. The molecule has 1 unspecified atom stereocenters. The lowest BCUT2D eigenvalue weighted by Gasteiger charge is -2.41. The normalized spacial score (nSPS) is 24.1. The number of piperazine rings is 1. The second-order valence-corrected chi connectivity index (χ2v) is 7.77. The molecule has 1 amide bonds. The number of rotatable bonds is 4. The Hall–Kier alpha value is -0.910. The highest BCUT2D eigenvalue weighted by Crippen LogP contribution is 2.19. The zero-order valence-corrected chi connectivity index (χ0v) is 14.6. The van der Waals surface area contributed by atoms with Gasteiger partial charge in [0, 0.05) is 31.1 Å². The Labute approximate surface area is 137 Å². The van der Waals surface area contributed by atoms with Crippen LogP contribution >= 0.6 is 11.3 Å². The zero-order chi connectivity index (χ0) is 15.5. The third kappa shape index (κ3) is 3.89. The molecule has 4 nitrogen and oxygen atoms in total. The summed E-state index contributed by atoms with van der Waals surface area (Å²) in [4.78, 5) is 21.0. The molecule has 0 bridgehead atoms. The van der Waals surface area contributed by atoms with E-state index < -0.39 is 0 Å². The molecule has 2 fully saturated rings. The number of carbonyl (C=O) groups is 1. The lowest BCUT2D eigenvalue weighted by Crippen LogP contribution is -2.57. The molecule has 0 radical (unpaired) electrons. The second-order valence-electron chi connectivity index (χ2n) is 6.78. The average molecular weight is 321 g/mol. The van der Waals surface area contributed by atoms with Crippen molar-refractivity contribution in [3.8, 4) is 0 Å². The molecule has 0 spiro atoms. The van der Waals surface area contributed by atoms with Gasteiger partial charge in [0.2, 0.25) is 5.91 Å². The van der Waals surface area contributed by atoms with E-state index in [1.807, 2.05) is 0 Å². The summed E-state index contributed by atoms with van der Waals surface area (Å²) in [5, 5.41) is 2.13. The first-order valence-electron chi connectivity index (χ1n) is 8.36. The fraction of sp³-hybridized carbons (Fsp3) is 0.706. The number of likely N-dealkylation sites (N-methyl/N-ethyl adjacent to an activating group) is 1. The smallest absolute Gasteiger partial charge is 0.228 e. The standard InChI is InChI=1S/C17H27N3OS/c1-14-9-16(22-13-14)10-17(21)20-8-7-18(2)11-15(20)12-19-5-3-4-6-19/h9,13,15H,3-8,10-12H2,1-2H3. The Morgan fingerprint density at radius 1 is 1.27 bits per heavy atom. The van der Waals surface area contributed by atoms with E-state index in [-0.39, 0.29) is 0 Å². The SMILES string of the molecule is Cc1csc(CC(=O)N2CCN(C)CC2CN2CCCC2)c1. The van der Waals surface area contributed by atoms with Crippen molar-refractivity contribution < 1.29 is 4.79 Å². The van der Waals surface area contributed by atoms with Crippen molar-refractivity contribution in [2.45, 2.75) is 32.2 Å². The molecular formula is C17H27N3OS. The van der Waals surface area contributed by atoms with E-state index >= 15 is 0 Å². The van der Waals surface area contributed by atoms with Crippen molar-refractivity contribution >= 4 is 17.2 Å². The Kier molecular flexibility index (Phi) is 5.16. The molecule has 2 aliphatic heterocycles. The molecule has 3 rings (SSSR count). The van der Waals surface area contributed by atoms with Gasteiger partial charge in [-0.05, 0) is 56.9 Å². The molecule has 122 valence electrons. The lowest BCUT2D eigenvalue weighted by atomic mass is 10.1. The number of amides is 1. The summed E-state index contributed by atoms with van der Waals surface area (Å²) < 4.78 is 0. The van der Waals surface area contributed by atoms with Gasteiger partial charge in [-0.1, -0.05) is 0 Å². The van der Waals surface area contributed by atoms with E-state index in [0.29, 0.717) is 18.4 Å². The minimum Gasteiger partial charge on any atom is -0.336 e. The molecule has 1 aromatic rings. The van der Waals surface area contributed by atoms with Gasteiger partial charge in [-0.2, -0.15) is 0 Å². The maximum absolute atomic E-state index is 12.8. The van der Waals surface area contributed by atoms with Crippen molar-refractivity contribution in [1.82, 2.24) is 14.7 Å². The highest BCUT2D eigenvalue weighted by atomic mass is 32.1. The van der Waals surface area contributed by atoms with Crippen LogP contribution in [0.5, 0.6) is 0 Å². The predicted octanol–water partition coefficient (Wildman–Crippen LogP) is 1.84. The summed E-state index contributed by atoms with van der Waals surface area (Å²) in [5.41, 5.74) is 1.26. The molecule has 0 saturated carbocycles. The number of aryl methyl sites for hydroxylation is 1. The number of likely N-dealkylation sites (tertiary alicyclic amines) is 1. The third-order valence-corrected chi connectivity index (χ3v) is 5.84. The van der Waals surface area contributed by atoms with Gasteiger partial charge < -0.3 is 14.7 Å². The van der Waals surface area contributed by atoms with Crippen molar-refractivity contribution in [2.75, 3.05) is 46.3 Å². The van der Waals surface area contributed by atoms with Gasteiger partial charge in [-0.25, -0.2) is 0 Å². The van der Waals surface area contributed by atoms with Crippen LogP contribution in [-0.2, 0) is 11.2 Å². The lowest BCUT2D eigenvalue weighted by molar-refractivity contribution is -0.135. The predicted molar refractivity (Wildman–Crippen MR) is 91.4 cm³/mol. The van der Waals surface area contributed by atoms with Crippen LogP contribution in [-0.4, -0.2) is 73.0 Å². The van der Waals surface area contributed by atoms with Crippen molar-refractivity contribution in [3.63, 3.8) is 0 Å². The molecule has 3 heterocycles. The number of thiophene rings is 1. The molecule has 5 heteroatoms. The molecule has 1 aromatic heterocycles. The molecule has 2 saturated heterocycles. The maximum atomic E-state index is 12.8. The van der Waals surface area contributed by atoms with Gasteiger partial charge in [-0.15, -0.1) is 11.3 Å². The molecule has 1 atom stereocenters. The molecule has 22 heavy (non-hydrogen) atoms.